The largest absolute Gasteiger partial charge is 0.368 e. The first-order valence-corrected chi connectivity index (χ1v) is 6.00. The van der Waals surface area contributed by atoms with Gasteiger partial charge in [0.05, 0.1) is 5.69 Å². The van der Waals surface area contributed by atoms with Crippen molar-refractivity contribution in [1.82, 2.24) is 5.16 Å². The molecular weight excluding hydrogens is 188 g/mol. The molecule has 3 heteroatoms. The van der Waals surface area contributed by atoms with Crippen LogP contribution in [0.3, 0.4) is 0 Å². The predicted molar refractivity (Wildman–Crippen MR) is 64.8 cm³/mol. The van der Waals surface area contributed by atoms with Crippen molar-refractivity contribution < 1.29 is 4.52 Å². The van der Waals surface area contributed by atoms with Crippen LogP contribution in [-0.4, -0.2) is 5.16 Å². The zero-order chi connectivity index (χ0) is 11.7. The van der Waals surface area contributed by atoms with Gasteiger partial charge in [-0.1, -0.05) is 45.7 Å². The molecule has 15 heavy (non-hydrogen) atoms. The van der Waals surface area contributed by atoms with Crippen molar-refractivity contribution in [2.24, 2.45) is 0 Å². The Morgan fingerprint density at radius 3 is 2.13 bits per heavy atom. The van der Waals surface area contributed by atoms with Gasteiger partial charge in [0.25, 0.3) is 0 Å². The average molecular weight is 212 g/mol. The monoisotopic (exact) mass is 212 g/mol. The van der Waals surface area contributed by atoms with E-state index in [4.69, 9.17) is 10.3 Å². The predicted octanol–water partition coefficient (Wildman–Crippen LogP) is 3.97. The summed E-state index contributed by atoms with van der Waals surface area (Å²) in [6.07, 6.45) is 4.69. The molecule has 0 aliphatic heterocycles. The SMILES string of the molecule is CC.CCCC(CCC)c1cc(N)on1. The van der Waals surface area contributed by atoms with E-state index in [1.54, 1.807) is 0 Å². The first-order valence-electron chi connectivity index (χ1n) is 6.00. The molecule has 88 valence electrons. The Morgan fingerprint density at radius 2 is 1.80 bits per heavy atom. The van der Waals surface area contributed by atoms with Gasteiger partial charge in [0.2, 0.25) is 5.88 Å². The van der Waals surface area contributed by atoms with Crippen molar-refractivity contribution in [2.45, 2.75) is 59.3 Å². The highest BCUT2D eigenvalue weighted by molar-refractivity contribution is 5.26. The highest BCUT2D eigenvalue weighted by Gasteiger charge is 2.13. The summed E-state index contributed by atoms with van der Waals surface area (Å²) in [4.78, 5) is 0. The molecule has 0 aliphatic carbocycles. The summed E-state index contributed by atoms with van der Waals surface area (Å²) in [6, 6.07) is 1.84. The van der Waals surface area contributed by atoms with Gasteiger partial charge in [-0.2, -0.15) is 0 Å². The third kappa shape index (κ3) is 4.86. The van der Waals surface area contributed by atoms with Gasteiger partial charge < -0.3 is 10.3 Å². The molecule has 0 aliphatic rings. The van der Waals surface area contributed by atoms with E-state index >= 15 is 0 Å². The standard InChI is InChI=1S/C10H18N2O.C2H6/c1-3-5-8(6-4-2)9-7-10(11)13-12-9;1-2/h7-8H,3-6,11H2,1-2H3;1-2H3. The van der Waals surface area contributed by atoms with E-state index in [2.05, 4.69) is 19.0 Å². The maximum atomic E-state index is 5.48. The Kier molecular flexibility index (Phi) is 7.78. The van der Waals surface area contributed by atoms with Gasteiger partial charge in [-0.05, 0) is 12.8 Å². The van der Waals surface area contributed by atoms with Gasteiger partial charge >= 0.3 is 0 Å². The van der Waals surface area contributed by atoms with Gasteiger partial charge in [0.1, 0.15) is 0 Å². The minimum atomic E-state index is 0.423. The van der Waals surface area contributed by atoms with E-state index in [9.17, 15) is 0 Å². The highest BCUT2D eigenvalue weighted by Crippen LogP contribution is 2.26. The summed E-state index contributed by atoms with van der Waals surface area (Å²) >= 11 is 0. The van der Waals surface area contributed by atoms with Crippen LogP contribution in [0.5, 0.6) is 0 Å². The lowest BCUT2D eigenvalue weighted by Gasteiger charge is -2.10. The highest BCUT2D eigenvalue weighted by atomic mass is 16.5. The van der Waals surface area contributed by atoms with Crippen molar-refractivity contribution in [3.05, 3.63) is 11.8 Å². The van der Waals surface area contributed by atoms with Gasteiger partial charge in [-0.15, -0.1) is 0 Å². The fourth-order valence-corrected chi connectivity index (χ4v) is 1.63. The van der Waals surface area contributed by atoms with E-state index < -0.39 is 0 Å². The van der Waals surface area contributed by atoms with E-state index in [0.29, 0.717) is 11.8 Å². The number of aromatic nitrogens is 1. The molecule has 1 aromatic heterocycles. The first kappa shape index (κ1) is 14.0. The summed E-state index contributed by atoms with van der Waals surface area (Å²) in [6.45, 7) is 8.37. The summed E-state index contributed by atoms with van der Waals surface area (Å²) in [5.74, 6) is 0.947. The van der Waals surface area contributed by atoms with E-state index in [1.807, 2.05) is 19.9 Å². The number of rotatable bonds is 5. The molecule has 0 radical (unpaired) electrons. The topological polar surface area (TPSA) is 52.0 Å². The molecule has 0 fully saturated rings. The van der Waals surface area contributed by atoms with Crippen LogP contribution in [0.15, 0.2) is 10.6 Å². The molecular formula is C12H24N2O. The first-order chi connectivity index (χ1) is 7.27. The van der Waals surface area contributed by atoms with E-state index in [-0.39, 0.29) is 0 Å². The number of nitrogens with two attached hydrogens (primary N) is 1. The van der Waals surface area contributed by atoms with Crippen molar-refractivity contribution in [3.63, 3.8) is 0 Å². The van der Waals surface area contributed by atoms with Gasteiger partial charge in [0, 0.05) is 12.0 Å². The molecule has 0 unspecified atom stereocenters. The maximum Gasteiger partial charge on any atom is 0.222 e. The lowest BCUT2D eigenvalue weighted by Crippen LogP contribution is -1.98. The third-order valence-electron chi connectivity index (χ3n) is 2.24. The second-order valence-electron chi connectivity index (χ2n) is 3.43. The van der Waals surface area contributed by atoms with Crippen molar-refractivity contribution in [3.8, 4) is 0 Å². The van der Waals surface area contributed by atoms with Crippen LogP contribution in [-0.2, 0) is 0 Å². The smallest absolute Gasteiger partial charge is 0.222 e. The van der Waals surface area contributed by atoms with Crippen LogP contribution in [0.4, 0.5) is 5.88 Å². The van der Waals surface area contributed by atoms with Crippen molar-refractivity contribution in [2.75, 3.05) is 5.73 Å². The number of nitrogen functional groups attached to an aromatic ring is 1. The molecule has 0 amide bonds. The van der Waals surface area contributed by atoms with Crippen LogP contribution in [0.25, 0.3) is 0 Å². The summed E-state index contributed by atoms with van der Waals surface area (Å²) in [5, 5.41) is 3.95. The molecule has 0 atom stereocenters. The van der Waals surface area contributed by atoms with Gasteiger partial charge in [-0.3, -0.25) is 0 Å². The minimum Gasteiger partial charge on any atom is -0.368 e. The van der Waals surface area contributed by atoms with Crippen LogP contribution in [0, 0.1) is 0 Å². The fraction of sp³-hybridized carbons (Fsp3) is 0.750. The van der Waals surface area contributed by atoms with E-state index in [0.717, 1.165) is 5.69 Å². The summed E-state index contributed by atoms with van der Waals surface area (Å²) in [7, 11) is 0. The van der Waals surface area contributed by atoms with Crippen LogP contribution >= 0.6 is 0 Å². The van der Waals surface area contributed by atoms with Crippen molar-refractivity contribution in [1.29, 1.82) is 0 Å². The Morgan fingerprint density at radius 1 is 1.27 bits per heavy atom. The van der Waals surface area contributed by atoms with Gasteiger partial charge in [0.15, 0.2) is 0 Å². The van der Waals surface area contributed by atoms with Gasteiger partial charge in [-0.25, -0.2) is 0 Å². The minimum absolute atomic E-state index is 0.423. The molecule has 0 spiro atoms. The normalized spacial score (nSPS) is 9.93. The lowest BCUT2D eigenvalue weighted by molar-refractivity contribution is 0.411. The number of anilines is 1. The molecule has 0 saturated carbocycles. The second kappa shape index (κ2) is 8.33. The molecule has 1 heterocycles. The Bertz CT molecular complexity index is 240. The zero-order valence-corrected chi connectivity index (χ0v) is 10.4. The number of nitrogens with zero attached hydrogens (tertiary/aromatic N) is 1. The second-order valence-corrected chi connectivity index (χ2v) is 3.43. The molecule has 0 saturated heterocycles. The Labute approximate surface area is 93.0 Å². The molecule has 1 rings (SSSR count). The van der Waals surface area contributed by atoms with Crippen molar-refractivity contribution >= 4 is 5.88 Å². The van der Waals surface area contributed by atoms with Crippen LogP contribution in [0.2, 0.25) is 0 Å². The molecule has 3 nitrogen and oxygen atoms in total. The Hall–Kier alpha value is -0.990. The number of hydrogen-bond acceptors (Lipinski definition) is 3. The summed E-state index contributed by atoms with van der Waals surface area (Å²) < 4.78 is 4.87. The number of hydrogen-bond donors (Lipinski definition) is 1. The average Bonchev–Trinajstić information content (AvgIpc) is 2.68. The van der Waals surface area contributed by atoms with Crippen LogP contribution < -0.4 is 5.73 Å². The van der Waals surface area contributed by atoms with E-state index in [1.165, 1.54) is 25.7 Å². The maximum absolute atomic E-state index is 5.48. The quantitative estimate of drug-likeness (QED) is 0.803. The lowest BCUT2D eigenvalue weighted by atomic mass is 9.95. The molecule has 2 N–H and O–H groups in total. The molecule has 0 aromatic carbocycles. The third-order valence-corrected chi connectivity index (χ3v) is 2.24. The zero-order valence-electron chi connectivity index (χ0n) is 10.4. The molecule has 1 aromatic rings. The Balaban J connectivity index is 0.000000921. The fourth-order valence-electron chi connectivity index (χ4n) is 1.63. The molecule has 0 bridgehead atoms. The summed E-state index contributed by atoms with van der Waals surface area (Å²) in [5.41, 5.74) is 6.49. The van der Waals surface area contributed by atoms with Crippen LogP contribution in [0.1, 0.15) is 65.0 Å².